The molecule has 0 saturated carbocycles. The van der Waals surface area contributed by atoms with Crippen LogP contribution in [0.15, 0.2) is 77.9 Å². The van der Waals surface area contributed by atoms with Crippen LogP contribution in [0.25, 0.3) is 20.2 Å². The summed E-state index contributed by atoms with van der Waals surface area (Å²) in [5.41, 5.74) is 2.23. The molecule has 0 bridgehead atoms. The maximum atomic E-state index is 6.01. The first-order chi connectivity index (χ1) is 11.8. The van der Waals surface area contributed by atoms with E-state index in [4.69, 9.17) is 5.84 Å². The van der Waals surface area contributed by atoms with Gasteiger partial charge in [-0.1, -0.05) is 66.7 Å². The summed E-state index contributed by atoms with van der Waals surface area (Å²) in [5.74, 6) is 6.01. The Morgan fingerprint density at radius 1 is 0.875 bits per heavy atom. The van der Waals surface area contributed by atoms with Crippen molar-refractivity contribution in [3.05, 3.63) is 83.9 Å². The van der Waals surface area contributed by atoms with Gasteiger partial charge in [0.15, 0.2) is 0 Å². The van der Waals surface area contributed by atoms with Crippen molar-refractivity contribution in [3.8, 4) is 0 Å². The Hall–Kier alpha value is -2.69. The number of nitrogens with zero attached hydrogens (tertiary/aromatic N) is 2. The predicted octanol–water partition coefficient (Wildman–Crippen LogP) is 4.76. The molecule has 24 heavy (non-hydrogen) atoms. The van der Waals surface area contributed by atoms with Gasteiger partial charge in [0.05, 0.1) is 12.8 Å². The molecule has 4 rings (SSSR count). The van der Waals surface area contributed by atoms with E-state index in [1.165, 1.54) is 25.3 Å². The van der Waals surface area contributed by atoms with E-state index in [0.29, 0.717) is 6.54 Å². The number of rotatable bonds is 4. The largest absolute Gasteiger partial charge is 0.231 e. The van der Waals surface area contributed by atoms with Crippen molar-refractivity contribution in [1.29, 1.82) is 0 Å². The van der Waals surface area contributed by atoms with Crippen LogP contribution in [0.2, 0.25) is 0 Å². The molecule has 0 aliphatic rings. The van der Waals surface area contributed by atoms with Gasteiger partial charge in [0.25, 0.3) is 0 Å². The molecular weight excluding hydrogens is 314 g/mol. The number of hydrogen-bond donors (Lipinski definition) is 1. The van der Waals surface area contributed by atoms with Crippen molar-refractivity contribution >= 4 is 37.7 Å². The summed E-state index contributed by atoms with van der Waals surface area (Å²) in [6.07, 6.45) is 1.85. The Labute approximate surface area is 144 Å². The van der Waals surface area contributed by atoms with Crippen LogP contribution in [0, 0.1) is 0 Å². The zero-order valence-electron chi connectivity index (χ0n) is 13.1. The fourth-order valence-electron chi connectivity index (χ4n) is 2.82. The number of thiophene rings is 1. The molecule has 0 unspecified atom stereocenters. The average Bonchev–Trinajstić information content (AvgIpc) is 3.00. The van der Waals surface area contributed by atoms with Crippen LogP contribution < -0.4 is 5.84 Å². The van der Waals surface area contributed by atoms with Crippen LogP contribution in [0.1, 0.15) is 11.1 Å². The average molecular weight is 331 g/mol. The van der Waals surface area contributed by atoms with Crippen molar-refractivity contribution in [2.75, 3.05) is 0 Å². The van der Waals surface area contributed by atoms with E-state index in [2.05, 4.69) is 47.6 Å². The Kier molecular flexibility index (Phi) is 3.99. The Morgan fingerprint density at radius 3 is 2.50 bits per heavy atom. The minimum Gasteiger partial charge on any atom is -0.231 e. The Balaban J connectivity index is 1.64. The summed E-state index contributed by atoms with van der Waals surface area (Å²) in [6.45, 7) is 0.583. The van der Waals surface area contributed by atoms with Crippen LogP contribution >= 0.6 is 11.3 Å². The van der Waals surface area contributed by atoms with E-state index >= 15 is 0 Å². The topological polar surface area (TPSA) is 41.6 Å². The zero-order valence-corrected chi connectivity index (χ0v) is 13.9. The maximum Gasteiger partial charge on any atom is 0.0780 e. The minimum absolute atomic E-state index is 0.583. The highest BCUT2D eigenvalue weighted by molar-refractivity contribution is 7.26. The summed E-state index contributed by atoms with van der Waals surface area (Å²) in [7, 11) is 0. The van der Waals surface area contributed by atoms with Crippen LogP contribution in [-0.4, -0.2) is 11.3 Å². The fraction of sp³-hybridized carbons (Fsp3) is 0.0500. The van der Waals surface area contributed by atoms with E-state index in [1.54, 1.807) is 11.3 Å². The fourth-order valence-corrected chi connectivity index (χ4v) is 4.00. The maximum absolute atomic E-state index is 6.01. The van der Waals surface area contributed by atoms with E-state index < -0.39 is 0 Å². The third kappa shape index (κ3) is 2.89. The van der Waals surface area contributed by atoms with Crippen molar-refractivity contribution in [1.82, 2.24) is 5.12 Å². The van der Waals surface area contributed by atoms with Crippen molar-refractivity contribution in [2.45, 2.75) is 6.54 Å². The van der Waals surface area contributed by atoms with E-state index in [9.17, 15) is 0 Å². The molecule has 3 nitrogen and oxygen atoms in total. The lowest BCUT2D eigenvalue weighted by Crippen LogP contribution is -2.24. The molecule has 0 saturated heterocycles. The molecule has 4 aromatic rings. The highest BCUT2D eigenvalue weighted by Crippen LogP contribution is 2.35. The van der Waals surface area contributed by atoms with Crippen molar-refractivity contribution < 1.29 is 0 Å². The minimum atomic E-state index is 0.583. The highest BCUT2D eigenvalue weighted by atomic mass is 32.1. The monoisotopic (exact) mass is 331 g/mol. The third-order valence-corrected chi connectivity index (χ3v) is 5.20. The molecule has 0 spiro atoms. The molecule has 3 aromatic carbocycles. The van der Waals surface area contributed by atoms with Gasteiger partial charge in [0.1, 0.15) is 0 Å². The first kappa shape index (κ1) is 14.9. The molecule has 1 heterocycles. The SMILES string of the molecule is NN(Cc1ccccc1)/N=C/c1cccc2c1sc1ccccc12. The van der Waals surface area contributed by atoms with Crippen molar-refractivity contribution in [3.63, 3.8) is 0 Å². The van der Waals surface area contributed by atoms with Gasteiger partial charge in [0.2, 0.25) is 0 Å². The van der Waals surface area contributed by atoms with Gasteiger partial charge in [-0.05, 0) is 11.6 Å². The first-order valence-corrected chi connectivity index (χ1v) is 8.63. The van der Waals surface area contributed by atoms with Gasteiger partial charge >= 0.3 is 0 Å². The number of hydrogen-bond acceptors (Lipinski definition) is 4. The smallest absolute Gasteiger partial charge is 0.0780 e. The van der Waals surface area contributed by atoms with Crippen LogP contribution in [-0.2, 0) is 6.54 Å². The molecule has 118 valence electrons. The summed E-state index contributed by atoms with van der Waals surface area (Å²) < 4.78 is 2.54. The number of nitrogens with two attached hydrogens (primary N) is 1. The van der Waals surface area contributed by atoms with Gasteiger partial charge in [-0.2, -0.15) is 5.10 Å². The number of fused-ring (bicyclic) bond motifs is 3. The van der Waals surface area contributed by atoms with Crippen molar-refractivity contribution in [2.24, 2.45) is 10.9 Å². The Morgan fingerprint density at radius 2 is 1.62 bits per heavy atom. The summed E-state index contributed by atoms with van der Waals surface area (Å²) in [4.78, 5) is 0. The molecule has 0 aliphatic carbocycles. The summed E-state index contributed by atoms with van der Waals surface area (Å²) >= 11 is 1.79. The quantitative estimate of drug-likeness (QED) is 0.333. The number of hydrazine groups is 1. The van der Waals surface area contributed by atoms with E-state index in [0.717, 1.165) is 11.1 Å². The van der Waals surface area contributed by atoms with Crippen LogP contribution in [0.5, 0.6) is 0 Å². The summed E-state index contributed by atoms with van der Waals surface area (Å²) in [5, 5.41) is 8.44. The molecule has 0 atom stereocenters. The van der Waals surface area contributed by atoms with E-state index in [1.807, 2.05) is 36.5 Å². The Bertz CT molecular complexity index is 1010. The van der Waals surface area contributed by atoms with Crippen LogP contribution in [0.4, 0.5) is 0 Å². The molecule has 0 amide bonds. The first-order valence-electron chi connectivity index (χ1n) is 7.82. The lowest BCUT2D eigenvalue weighted by molar-refractivity contribution is 0.292. The molecule has 4 heteroatoms. The standard InChI is InChI=1S/C20H17N3S/c21-23(14-15-7-2-1-3-8-15)22-13-16-9-6-11-18-17-10-4-5-12-19(17)24-20(16)18/h1-13H,14,21H2/b22-13+. The number of benzene rings is 3. The van der Waals surface area contributed by atoms with E-state index in [-0.39, 0.29) is 0 Å². The molecule has 1 aromatic heterocycles. The van der Waals surface area contributed by atoms with Gasteiger partial charge in [0, 0.05) is 25.7 Å². The molecule has 0 radical (unpaired) electrons. The summed E-state index contributed by atoms with van der Waals surface area (Å²) in [6, 6.07) is 24.9. The second kappa shape index (κ2) is 6.43. The molecule has 0 fully saturated rings. The van der Waals surface area contributed by atoms with Gasteiger partial charge in [-0.25, -0.2) is 11.0 Å². The second-order valence-electron chi connectivity index (χ2n) is 5.65. The van der Waals surface area contributed by atoms with Gasteiger partial charge in [-0.3, -0.25) is 0 Å². The van der Waals surface area contributed by atoms with Gasteiger partial charge < -0.3 is 0 Å². The van der Waals surface area contributed by atoms with Crippen LogP contribution in [0.3, 0.4) is 0 Å². The highest BCUT2D eigenvalue weighted by Gasteiger charge is 2.07. The molecule has 2 N–H and O–H groups in total. The zero-order chi connectivity index (χ0) is 16.4. The lowest BCUT2D eigenvalue weighted by Gasteiger charge is -2.11. The second-order valence-corrected chi connectivity index (χ2v) is 6.70. The number of hydrazone groups is 1. The third-order valence-electron chi connectivity index (χ3n) is 3.97. The normalized spacial score (nSPS) is 11.5. The molecular formula is C20H17N3S. The lowest BCUT2D eigenvalue weighted by atomic mass is 10.1. The predicted molar refractivity (Wildman–Crippen MR) is 103 cm³/mol. The molecule has 0 aliphatic heterocycles. The van der Waals surface area contributed by atoms with Gasteiger partial charge in [-0.15, -0.1) is 11.3 Å².